The van der Waals surface area contributed by atoms with Gasteiger partial charge in [0.25, 0.3) is 0 Å². The Hall–Kier alpha value is -0.840. The molecule has 0 spiro atoms. The average molecular weight is 252 g/mol. The fraction of sp³-hybridized carbons (Fsp3) is 0.714. The second-order valence-electron chi connectivity index (χ2n) is 5.39. The Bertz CT molecular complexity index is 356. The number of nitrogens with one attached hydrogen (secondary N) is 1. The number of hydrogen-bond acceptors (Lipinski definition) is 4. The quantitative estimate of drug-likeness (QED) is 0.840. The monoisotopic (exact) mass is 252 g/mol. The molecule has 1 fully saturated rings. The molecular weight excluding hydrogens is 228 g/mol. The summed E-state index contributed by atoms with van der Waals surface area (Å²) in [7, 11) is 2.13. The van der Waals surface area contributed by atoms with Crippen molar-refractivity contribution in [3.63, 3.8) is 0 Å². The van der Waals surface area contributed by atoms with Crippen LogP contribution in [0.1, 0.15) is 31.6 Å². The van der Waals surface area contributed by atoms with Crippen LogP contribution in [0.25, 0.3) is 0 Å². The van der Waals surface area contributed by atoms with Crippen LogP contribution in [-0.4, -0.2) is 37.2 Å². The fourth-order valence-corrected chi connectivity index (χ4v) is 2.17. The second-order valence-corrected chi connectivity index (χ2v) is 5.39. The topological polar surface area (TPSA) is 37.6 Å². The Kier molecular flexibility index (Phi) is 4.80. The average Bonchev–Trinajstić information content (AvgIpc) is 2.97. The first-order chi connectivity index (χ1) is 8.65. The first-order valence-electron chi connectivity index (χ1n) is 6.73. The highest BCUT2D eigenvalue weighted by Crippen LogP contribution is 2.15. The lowest BCUT2D eigenvalue weighted by Gasteiger charge is -2.21. The standard InChI is InChI=1S/C14H24N2O2/c1-11(2)15-7-12-6-14(18-9-12)8-16(3)13-4-5-17-10-13/h6,9,11,13,15H,4-5,7-8,10H2,1-3H3. The first kappa shape index (κ1) is 13.6. The number of ether oxygens (including phenoxy) is 1. The molecule has 2 heterocycles. The third kappa shape index (κ3) is 3.83. The summed E-state index contributed by atoms with van der Waals surface area (Å²) in [6.07, 6.45) is 2.97. The summed E-state index contributed by atoms with van der Waals surface area (Å²) >= 11 is 0. The van der Waals surface area contributed by atoms with Gasteiger partial charge >= 0.3 is 0 Å². The third-order valence-corrected chi connectivity index (χ3v) is 3.36. The van der Waals surface area contributed by atoms with Crippen molar-refractivity contribution in [2.75, 3.05) is 20.3 Å². The maximum Gasteiger partial charge on any atom is 0.118 e. The molecule has 0 aliphatic carbocycles. The predicted octanol–water partition coefficient (Wildman–Crippen LogP) is 2.00. The fourth-order valence-electron chi connectivity index (χ4n) is 2.17. The van der Waals surface area contributed by atoms with Gasteiger partial charge in [0.1, 0.15) is 5.76 Å². The summed E-state index contributed by atoms with van der Waals surface area (Å²) in [4.78, 5) is 2.31. The molecule has 18 heavy (non-hydrogen) atoms. The molecule has 0 aromatic carbocycles. The van der Waals surface area contributed by atoms with E-state index in [-0.39, 0.29) is 0 Å². The van der Waals surface area contributed by atoms with Crippen LogP contribution in [-0.2, 0) is 17.8 Å². The molecule has 1 N–H and O–H groups in total. The van der Waals surface area contributed by atoms with Crippen LogP contribution >= 0.6 is 0 Å². The maximum absolute atomic E-state index is 5.60. The minimum absolute atomic E-state index is 0.502. The Morgan fingerprint density at radius 1 is 1.50 bits per heavy atom. The zero-order valence-electron chi connectivity index (χ0n) is 11.6. The maximum atomic E-state index is 5.60. The van der Waals surface area contributed by atoms with Crippen molar-refractivity contribution >= 4 is 0 Å². The lowest BCUT2D eigenvalue weighted by Crippen LogP contribution is -2.31. The van der Waals surface area contributed by atoms with Gasteiger partial charge in [0, 0.05) is 30.8 Å². The molecule has 102 valence electrons. The van der Waals surface area contributed by atoms with E-state index < -0.39 is 0 Å². The first-order valence-corrected chi connectivity index (χ1v) is 6.73. The smallest absolute Gasteiger partial charge is 0.118 e. The zero-order chi connectivity index (χ0) is 13.0. The predicted molar refractivity (Wildman–Crippen MR) is 71.4 cm³/mol. The highest BCUT2D eigenvalue weighted by Gasteiger charge is 2.20. The second kappa shape index (κ2) is 6.36. The normalized spacial score (nSPS) is 20.2. The molecule has 4 heteroatoms. The summed E-state index contributed by atoms with van der Waals surface area (Å²) < 4.78 is 11.0. The lowest BCUT2D eigenvalue weighted by atomic mass is 10.2. The Labute approximate surface area is 109 Å². The Morgan fingerprint density at radius 3 is 3.00 bits per heavy atom. The van der Waals surface area contributed by atoms with Crippen LogP contribution in [0.3, 0.4) is 0 Å². The van der Waals surface area contributed by atoms with Crippen LogP contribution < -0.4 is 5.32 Å². The molecule has 1 aromatic rings. The minimum Gasteiger partial charge on any atom is -0.468 e. The van der Waals surface area contributed by atoms with E-state index in [9.17, 15) is 0 Å². The molecule has 1 aromatic heterocycles. The van der Waals surface area contributed by atoms with Crippen molar-refractivity contribution in [2.45, 2.75) is 45.4 Å². The van der Waals surface area contributed by atoms with E-state index in [2.05, 4.69) is 37.2 Å². The van der Waals surface area contributed by atoms with E-state index >= 15 is 0 Å². The molecule has 0 bridgehead atoms. The Morgan fingerprint density at radius 2 is 2.33 bits per heavy atom. The number of nitrogens with zero attached hydrogens (tertiary/aromatic N) is 1. The summed E-state index contributed by atoms with van der Waals surface area (Å²) in [5.41, 5.74) is 1.22. The molecule has 1 atom stereocenters. The van der Waals surface area contributed by atoms with E-state index in [0.717, 1.165) is 38.5 Å². The van der Waals surface area contributed by atoms with E-state index in [1.807, 2.05) is 6.26 Å². The van der Waals surface area contributed by atoms with Gasteiger partial charge in [0.2, 0.25) is 0 Å². The van der Waals surface area contributed by atoms with Crippen LogP contribution in [0.5, 0.6) is 0 Å². The largest absolute Gasteiger partial charge is 0.468 e. The summed E-state index contributed by atoms with van der Waals surface area (Å²) in [6.45, 7) is 7.76. The number of hydrogen-bond donors (Lipinski definition) is 1. The van der Waals surface area contributed by atoms with Crippen LogP contribution in [0.2, 0.25) is 0 Å². The zero-order valence-corrected chi connectivity index (χ0v) is 11.6. The van der Waals surface area contributed by atoms with Gasteiger partial charge < -0.3 is 14.5 Å². The molecule has 0 saturated carbocycles. The van der Waals surface area contributed by atoms with E-state index in [0.29, 0.717) is 12.1 Å². The Balaban J connectivity index is 1.82. The molecule has 4 nitrogen and oxygen atoms in total. The lowest BCUT2D eigenvalue weighted by molar-refractivity contribution is 0.152. The van der Waals surface area contributed by atoms with Gasteiger partial charge in [-0.25, -0.2) is 0 Å². The van der Waals surface area contributed by atoms with E-state index in [1.54, 1.807) is 0 Å². The minimum atomic E-state index is 0.502. The summed E-state index contributed by atoms with van der Waals surface area (Å²) in [5.74, 6) is 1.03. The third-order valence-electron chi connectivity index (χ3n) is 3.36. The van der Waals surface area contributed by atoms with Gasteiger partial charge in [0.15, 0.2) is 0 Å². The molecule has 0 radical (unpaired) electrons. The molecule has 1 aliphatic rings. The van der Waals surface area contributed by atoms with E-state index in [4.69, 9.17) is 9.15 Å². The molecule has 2 rings (SSSR count). The highest BCUT2D eigenvalue weighted by atomic mass is 16.5. The molecule has 1 unspecified atom stereocenters. The number of furan rings is 1. The van der Waals surface area contributed by atoms with Gasteiger partial charge in [-0.2, -0.15) is 0 Å². The van der Waals surface area contributed by atoms with Crippen molar-refractivity contribution in [2.24, 2.45) is 0 Å². The van der Waals surface area contributed by atoms with Crippen molar-refractivity contribution < 1.29 is 9.15 Å². The molecule has 1 aliphatic heterocycles. The summed E-state index contributed by atoms with van der Waals surface area (Å²) in [6, 6.07) is 3.18. The molecule has 1 saturated heterocycles. The van der Waals surface area contributed by atoms with Gasteiger partial charge in [-0.05, 0) is 19.5 Å². The van der Waals surface area contributed by atoms with Crippen LogP contribution in [0, 0.1) is 0 Å². The summed E-state index contributed by atoms with van der Waals surface area (Å²) in [5, 5.41) is 3.39. The van der Waals surface area contributed by atoms with Crippen molar-refractivity contribution in [1.82, 2.24) is 10.2 Å². The van der Waals surface area contributed by atoms with Gasteiger partial charge in [0.05, 0.1) is 19.4 Å². The van der Waals surface area contributed by atoms with Gasteiger partial charge in [-0.3, -0.25) is 4.90 Å². The van der Waals surface area contributed by atoms with Crippen molar-refractivity contribution in [1.29, 1.82) is 0 Å². The number of rotatable bonds is 6. The highest BCUT2D eigenvalue weighted by molar-refractivity contribution is 5.12. The number of likely N-dealkylation sites (N-methyl/N-ethyl adjacent to an activating group) is 1. The van der Waals surface area contributed by atoms with Crippen molar-refractivity contribution in [3.8, 4) is 0 Å². The van der Waals surface area contributed by atoms with Crippen LogP contribution in [0.15, 0.2) is 16.7 Å². The van der Waals surface area contributed by atoms with Crippen molar-refractivity contribution in [3.05, 3.63) is 23.7 Å². The molecule has 0 amide bonds. The van der Waals surface area contributed by atoms with E-state index in [1.165, 1.54) is 5.56 Å². The SMILES string of the molecule is CC(C)NCc1coc(CN(C)C2CCOC2)c1. The van der Waals surface area contributed by atoms with Gasteiger partial charge in [-0.15, -0.1) is 0 Å². The molecular formula is C14H24N2O2. The van der Waals surface area contributed by atoms with Gasteiger partial charge in [-0.1, -0.05) is 13.8 Å². The van der Waals surface area contributed by atoms with Crippen LogP contribution in [0.4, 0.5) is 0 Å².